The van der Waals surface area contributed by atoms with Crippen LogP contribution in [0.4, 0.5) is 0 Å². The van der Waals surface area contributed by atoms with Gasteiger partial charge < -0.3 is 15.0 Å². The van der Waals surface area contributed by atoms with Crippen LogP contribution in [0.1, 0.15) is 31.7 Å². The number of hydrogen-bond donors (Lipinski definition) is 1. The number of rotatable bonds is 5. The molecule has 0 radical (unpaired) electrons. The van der Waals surface area contributed by atoms with E-state index in [9.17, 15) is 4.79 Å². The van der Waals surface area contributed by atoms with E-state index in [-0.39, 0.29) is 11.4 Å². The van der Waals surface area contributed by atoms with Gasteiger partial charge in [-0.2, -0.15) is 0 Å². The fourth-order valence-corrected chi connectivity index (χ4v) is 2.92. The predicted molar refractivity (Wildman–Crippen MR) is 79.7 cm³/mol. The van der Waals surface area contributed by atoms with Crippen LogP contribution in [0.2, 0.25) is 0 Å². The van der Waals surface area contributed by atoms with Crippen LogP contribution in [0, 0.1) is 0 Å². The summed E-state index contributed by atoms with van der Waals surface area (Å²) in [4.78, 5) is 14.5. The molecule has 4 nitrogen and oxygen atoms in total. The number of benzene rings is 1. The Labute approximate surface area is 121 Å². The van der Waals surface area contributed by atoms with Gasteiger partial charge in [-0.15, -0.1) is 0 Å². The maximum Gasteiger partial charge on any atom is 0.242 e. The Morgan fingerprint density at radius 1 is 1.50 bits per heavy atom. The highest BCUT2D eigenvalue weighted by Crippen LogP contribution is 2.26. The lowest BCUT2D eigenvalue weighted by atomic mass is 9.92. The van der Waals surface area contributed by atoms with Gasteiger partial charge in [0, 0.05) is 13.6 Å². The highest BCUT2D eigenvalue weighted by molar-refractivity contribution is 5.86. The quantitative estimate of drug-likeness (QED) is 0.896. The summed E-state index contributed by atoms with van der Waals surface area (Å²) >= 11 is 0. The molecule has 0 saturated carbocycles. The van der Waals surface area contributed by atoms with E-state index in [4.69, 9.17) is 4.74 Å². The Morgan fingerprint density at radius 3 is 2.90 bits per heavy atom. The zero-order valence-corrected chi connectivity index (χ0v) is 12.6. The molecule has 1 N–H and O–H groups in total. The van der Waals surface area contributed by atoms with Crippen LogP contribution < -0.4 is 10.1 Å². The molecule has 1 unspecified atom stereocenters. The number of amides is 1. The summed E-state index contributed by atoms with van der Waals surface area (Å²) in [6, 6.07) is 7.87. The average Bonchev–Trinajstić information content (AvgIpc) is 2.96. The Morgan fingerprint density at radius 2 is 2.30 bits per heavy atom. The van der Waals surface area contributed by atoms with Crippen LogP contribution in [0.25, 0.3) is 0 Å². The molecule has 0 bridgehead atoms. The second-order valence-corrected chi connectivity index (χ2v) is 5.48. The summed E-state index contributed by atoms with van der Waals surface area (Å²) in [6.45, 7) is 3.63. The van der Waals surface area contributed by atoms with Gasteiger partial charge in [-0.3, -0.25) is 4.79 Å². The van der Waals surface area contributed by atoms with Crippen LogP contribution in [0.15, 0.2) is 24.3 Å². The van der Waals surface area contributed by atoms with Crippen LogP contribution >= 0.6 is 0 Å². The fourth-order valence-electron chi connectivity index (χ4n) is 2.92. The summed E-state index contributed by atoms with van der Waals surface area (Å²) in [5.41, 5.74) is 0.734. The van der Waals surface area contributed by atoms with Crippen LogP contribution in [-0.2, 0) is 11.3 Å². The Hall–Kier alpha value is -1.55. The molecule has 2 rings (SSSR count). The van der Waals surface area contributed by atoms with Crippen molar-refractivity contribution >= 4 is 5.91 Å². The first kappa shape index (κ1) is 14.9. The van der Waals surface area contributed by atoms with E-state index < -0.39 is 0 Å². The smallest absolute Gasteiger partial charge is 0.242 e. The molecule has 1 fully saturated rings. The van der Waals surface area contributed by atoms with Gasteiger partial charge in [0.2, 0.25) is 5.91 Å². The summed E-state index contributed by atoms with van der Waals surface area (Å²) in [5, 5.41) is 3.39. The second-order valence-electron chi connectivity index (χ2n) is 5.48. The summed E-state index contributed by atoms with van der Waals surface area (Å²) in [7, 11) is 3.53. The molecule has 1 aromatic carbocycles. The van der Waals surface area contributed by atoms with E-state index in [2.05, 4.69) is 12.2 Å². The summed E-state index contributed by atoms with van der Waals surface area (Å²) in [6.07, 6.45) is 2.85. The standard InChI is InChI=1S/C16H24N2O2/c1-4-16(9-6-10-17-16)15(19)18(2)12-13-7-5-8-14(11-13)20-3/h5,7-8,11,17H,4,6,9-10,12H2,1-3H3. The average molecular weight is 276 g/mol. The summed E-state index contributed by atoms with van der Waals surface area (Å²) in [5.74, 6) is 1.02. The fraction of sp³-hybridized carbons (Fsp3) is 0.562. The van der Waals surface area contributed by atoms with Crippen molar-refractivity contribution in [3.05, 3.63) is 29.8 Å². The molecule has 1 saturated heterocycles. The minimum Gasteiger partial charge on any atom is -0.497 e. The van der Waals surface area contributed by atoms with Crippen LogP contribution in [0.3, 0.4) is 0 Å². The number of hydrogen-bond acceptors (Lipinski definition) is 3. The molecule has 20 heavy (non-hydrogen) atoms. The van der Waals surface area contributed by atoms with Crippen molar-refractivity contribution in [2.45, 2.75) is 38.3 Å². The number of carbonyl (C=O) groups is 1. The third-order valence-corrected chi connectivity index (χ3v) is 4.16. The molecule has 0 spiro atoms. The third kappa shape index (κ3) is 2.96. The van der Waals surface area contributed by atoms with E-state index in [1.165, 1.54) is 0 Å². The minimum absolute atomic E-state index is 0.195. The maximum atomic E-state index is 12.7. The van der Waals surface area contributed by atoms with Crippen molar-refractivity contribution in [1.29, 1.82) is 0 Å². The van der Waals surface area contributed by atoms with Gasteiger partial charge in [-0.1, -0.05) is 19.1 Å². The molecule has 0 aromatic heterocycles. The first-order valence-electron chi connectivity index (χ1n) is 7.25. The first-order chi connectivity index (χ1) is 9.61. The number of likely N-dealkylation sites (N-methyl/N-ethyl adjacent to an activating group) is 1. The summed E-state index contributed by atoms with van der Waals surface area (Å²) < 4.78 is 5.22. The molecule has 1 amide bonds. The van der Waals surface area contributed by atoms with Crippen molar-refractivity contribution in [2.24, 2.45) is 0 Å². The molecule has 0 aliphatic carbocycles. The molecule has 4 heteroatoms. The molecule has 1 atom stereocenters. The zero-order chi connectivity index (χ0) is 14.6. The third-order valence-electron chi connectivity index (χ3n) is 4.16. The lowest BCUT2D eigenvalue weighted by Crippen LogP contribution is -2.53. The lowest BCUT2D eigenvalue weighted by molar-refractivity contribution is -0.137. The van der Waals surface area contributed by atoms with E-state index in [1.807, 2.05) is 36.2 Å². The highest BCUT2D eigenvalue weighted by Gasteiger charge is 2.40. The van der Waals surface area contributed by atoms with E-state index in [0.29, 0.717) is 6.54 Å². The Kier molecular flexibility index (Phi) is 4.65. The van der Waals surface area contributed by atoms with Crippen molar-refractivity contribution in [3.8, 4) is 5.75 Å². The topological polar surface area (TPSA) is 41.6 Å². The van der Waals surface area contributed by atoms with E-state index in [0.717, 1.165) is 37.1 Å². The molecule has 1 aromatic rings. The number of carbonyl (C=O) groups excluding carboxylic acids is 1. The zero-order valence-electron chi connectivity index (χ0n) is 12.6. The number of ether oxygens (including phenoxy) is 1. The van der Waals surface area contributed by atoms with Gasteiger partial charge in [0.15, 0.2) is 0 Å². The number of methoxy groups -OCH3 is 1. The number of nitrogens with one attached hydrogen (secondary N) is 1. The van der Waals surface area contributed by atoms with E-state index >= 15 is 0 Å². The molecule has 110 valence electrons. The molecular weight excluding hydrogens is 252 g/mol. The SMILES string of the molecule is CCC1(C(=O)N(C)Cc2cccc(OC)c2)CCCN1. The van der Waals surface area contributed by atoms with Gasteiger partial charge in [0.25, 0.3) is 0 Å². The molecule has 1 aliphatic rings. The molecular formula is C16H24N2O2. The number of nitrogens with zero attached hydrogens (tertiary/aromatic N) is 1. The minimum atomic E-state index is -0.354. The molecule has 1 aliphatic heterocycles. The normalized spacial score (nSPS) is 21.8. The van der Waals surface area contributed by atoms with Crippen LogP contribution in [0.5, 0.6) is 5.75 Å². The molecule has 1 heterocycles. The Bertz CT molecular complexity index is 467. The predicted octanol–water partition coefficient (Wildman–Crippen LogP) is 2.19. The van der Waals surface area contributed by atoms with Gasteiger partial charge >= 0.3 is 0 Å². The monoisotopic (exact) mass is 276 g/mol. The lowest BCUT2D eigenvalue weighted by Gasteiger charge is -2.32. The van der Waals surface area contributed by atoms with Gasteiger partial charge in [0.05, 0.1) is 12.6 Å². The Balaban J connectivity index is 2.07. The van der Waals surface area contributed by atoms with Gasteiger partial charge in [-0.05, 0) is 43.5 Å². The van der Waals surface area contributed by atoms with Crippen molar-refractivity contribution in [2.75, 3.05) is 20.7 Å². The second kappa shape index (κ2) is 6.27. The van der Waals surface area contributed by atoms with E-state index in [1.54, 1.807) is 7.11 Å². The highest BCUT2D eigenvalue weighted by atomic mass is 16.5. The van der Waals surface area contributed by atoms with Gasteiger partial charge in [-0.25, -0.2) is 0 Å². The van der Waals surface area contributed by atoms with Crippen molar-refractivity contribution in [3.63, 3.8) is 0 Å². The first-order valence-corrected chi connectivity index (χ1v) is 7.25. The van der Waals surface area contributed by atoms with Gasteiger partial charge in [0.1, 0.15) is 5.75 Å². The van der Waals surface area contributed by atoms with Crippen molar-refractivity contribution < 1.29 is 9.53 Å². The van der Waals surface area contributed by atoms with Crippen LogP contribution in [-0.4, -0.2) is 37.0 Å². The van der Waals surface area contributed by atoms with Crippen molar-refractivity contribution in [1.82, 2.24) is 10.2 Å². The maximum absolute atomic E-state index is 12.7. The largest absolute Gasteiger partial charge is 0.497 e.